The molecule has 0 N–H and O–H groups in total. The monoisotopic (exact) mass is 331 g/mol. The standard InChI is InChI=1S/C18H21NO3S/c1-14(16-9-5-4-6-10-16)19(2)18(20)17-11-7-8-15(12-17)13-23(3,21)22/h4-12,14H,13H2,1-3H3/t14-/m1/s1. The van der Waals surface area contributed by atoms with Crippen LogP contribution in [0.15, 0.2) is 54.6 Å². The number of carbonyl (C=O) groups excluding carboxylic acids is 1. The highest BCUT2D eigenvalue weighted by Crippen LogP contribution is 2.21. The molecule has 0 radical (unpaired) electrons. The van der Waals surface area contributed by atoms with Crippen molar-refractivity contribution in [3.63, 3.8) is 0 Å². The molecule has 0 aromatic heterocycles. The molecule has 0 saturated carbocycles. The Balaban J connectivity index is 2.21. The van der Waals surface area contributed by atoms with Gasteiger partial charge in [0, 0.05) is 18.9 Å². The number of hydrogen-bond acceptors (Lipinski definition) is 3. The summed E-state index contributed by atoms with van der Waals surface area (Å²) in [7, 11) is -1.37. The Morgan fingerprint density at radius 2 is 1.74 bits per heavy atom. The van der Waals surface area contributed by atoms with Crippen molar-refractivity contribution in [3.8, 4) is 0 Å². The summed E-state index contributed by atoms with van der Waals surface area (Å²) in [5.41, 5.74) is 2.17. The summed E-state index contributed by atoms with van der Waals surface area (Å²) in [5.74, 6) is -0.191. The maximum absolute atomic E-state index is 12.7. The largest absolute Gasteiger partial charge is 0.335 e. The van der Waals surface area contributed by atoms with Crippen LogP contribution in [-0.2, 0) is 15.6 Å². The lowest BCUT2D eigenvalue weighted by Crippen LogP contribution is -2.29. The molecular formula is C18H21NO3S. The van der Waals surface area contributed by atoms with Crippen LogP contribution in [0.2, 0.25) is 0 Å². The molecule has 1 amide bonds. The first-order valence-corrected chi connectivity index (χ1v) is 9.43. The SMILES string of the molecule is C[C@H](c1ccccc1)N(C)C(=O)c1cccc(CS(C)(=O)=O)c1. The van der Waals surface area contributed by atoms with Gasteiger partial charge in [0.25, 0.3) is 5.91 Å². The predicted octanol–water partition coefficient (Wildman–Crippen LogP) is 3.06. The molecule has 0 fully saturated rings. The van der Waals surface area contributed by atoms with Crippen LogP contribution in [0.5, 0.6) is 0 Å². The number of rotatable bonds is 5. The highest BCUT2D eigenvalue weighted by molar-refractivity contribution is 7.89. The van der Waals surface area contributed by atoms with Crippen LogP contribution in [0.1, 0.15) is 34.5 Å². The van der Waals surface area contributed by atoms with E-state index in [-0.39, 0.29) is 17.7 Å². The molecule has 0 aliphatic rings. The van der Waals surface area contributed by atoms with Gasteiger partial charge in [-0.15, -0.1) is 0 Å². The zero-order chi connectivity index (χ0) is 17.0. The molecule has 0 aliphatic carbocycles. The molecular weight excluding hydrogens is 310 g/mol. The summed E-state index contributed by atoms with van der Waals surface area (Å²) in [6.45, 7) is 1.97. The van der Waals surface area contributed by atoms with E-state index in [0.29, 0.717) is 11.1 Å². The first-order chi connectivity index (χ1) is 10.8. The van der Waals surface area contributed by atoms with Crippen LogP contribution in [0.3, 0.4) is 0 Å². The number of amides is 1. The van der Waals surface area contributed by atoms with E-state index in [9.17, 15) is 13.2 Å². The molecule has 2 aromatic rings. The highest BCUT2D eigenvalue weighted by atomic mass is 32.2. The summed E-state index contributed by atoms with van der Waals surface area (Å²) in [5, 5.41) is 0. The molecule has 122 valence electrons. The van der Waals surface area contributed by atoms with Crippen molar-refractivity contribution in [2.45, 2.75) is 18.7 Å². The summed E-state index contributed by atoms with van der Waals surface area (Å²) in [6.07, 6.45) is 1.19. The Kier molecular flexibility index (Phi) is 5.21. The second-order valence-electron chi connectivity index (χ2n) is 5.77. The molecule has 0 bridgehead atoms. The van der Waals surface area contributed by atoms with E-state index in [2.05, 4.69) is 0 Å². The fourth-order valence-corrected chi connectivity index (χ4v) is 3.22. The lowest BCUT2D eigenvalue weighted by molar-refractivity contribution is 0.0742. The molecule has 1 atom stereocenters. The second kappa shape index (κ2) is 6.96. The van der Waals surface area contributed by atoms with Crippen LogP contribution in [0.25, 0.3) is 0 Å². The molecule has 0 aliphatic heterocycles. The first-order valence-electron chi connectivity index (χ1n) is 7.37. The zero-order valence-electron chi connectivity index (χ0n) is 13.6. The van der Waals surface area contributed by atoms with E-state index in [1.54, 1.807) is 36.2 Å². The third-order valence-electron chi connectivity index (χ3n) is 3.79. The maximum Gasteiger partial charge on any atom is 0.254 e. The van der Waals surface area contributed by atoms with Crippen LogP contribution >= 0.6 is 0 Å². The average Bonchev–Trinajstić information content (AvgIpc) is 2.52. The van der Waals surface area contributed by atoms with Crippen molar-refractivity contribution < 1.29 is 13.2 Å². The fraction of sp³-hybridized carbons (Fsp3) is 0.278. The van der Waals surface area contributed by atoms with E-state index in [4.69, 9.17) is 0 Å². The van der Waals surface area contributed by atoms with Gasteiger partial charge in [-0.2, -0.15) is 0 Å². The number of carbonyl (C=O) groups is 1. The molecule has 0 spiro atoms. The summed E-state index contributed by atoms with van der Waals surface area (Å²) >= 11 is 0. The third-order valence-corrected chi connectivity index (χ3v) is 4.64. The van der Waals surface area contributed by atoms with Gasteiger partial charge >= 0.3 is 0 Å². The van der Waals surface area contributed by atoms with E-state index in [0.717, 1.165) is 5.56 Å². The van der Waals surface area contributed by atoms with Crippen molar-refractivity contribution >= 4 is 15.7 Å². The molecule has 0 heterocycles. The third kappa shape index (κ3) is 4.66. The molecule has 2 rings (SSSR count). The second-order valence-corrected chi connectivity index (χ2v) is 7.91. The Bertz CT molecular complexity index is 785. The number of hydrogen-bond donors (Lipinski definition) is 0. The number of sulfone groups is 1. The van der Waals surface area contributed by atoms with Gasteiger partial charge < -0.3 is 4.90 Å². The Morgan fingerprint density at radius 3 is 2.35 bits per heavy atom. The Labute approximate surface area is 137 Å². The van der Waals surface area contributed by atoms with Crippen LogP contribution < -0.4 is 0 Å². The molecule has 5 heteroatoms. The minimum absolute atomic E-state index is 0.0634. The van der Waals surface area contributed by atoms with Crippen LogP contribution in [-0.4, -0.2) is 32.5 Å². The van der Waals surface area contributed by atoms with E-state index < -0.39 is 9.84 Å². The minimum Gasteiger partial charge on any atom is -0.335 e. The maximum atomic E-state index is 12.7. The van der Waals surface area contributed by atoms with Gasteiger partial charge in [0.1, 0.15) is 0 Å². The van der Waals surface area contributed by atoms with Crippen molar-refractivity contribution in [1.29, 1.82) is 0 Å². The normalized spacial score (nSPS) is 12.7. The smallest absolute Gasteiger partial charge is 0.254 e. The lowest BCUT2D eigenvalue weighted by atomic mass is 10.1. The van der Waals surface area contributed by atoms with Gasteiger partial charge in [-0.3, -0.25) is 4.79 Å². The van der Waals surface area contributed by atoms with Crippen molar-refractivity contribution in [3.05, 3.63) is 71.3 Å². The fourth-order valence-electron chi connectivity index (χ4n) is 2.43. The predicted molar refractivity (Wildman–Crippen MR) is 91.9 cm³/mol. The van der Waals surface area contributed by atoms with Gasteiger partial charge in [0.15, 0.2) is 9.84 Å². The van der Waals surface area contributed by atoms with Gasteiger partial charge in [-0.05, 0) is 30.2 Å². The Morgan fingerprint density at radius 1 is 1.09 bits per heavy atom. The molecule has 0 saturated heterocycles. The van der Waals surface area contributed by atoms with Gasteiger partial charge in [0.05, 0.1) is 11.8 Å². The lowest BCUT2D eigenvalue weighted by Gasteiger charge is -2.25. The van der Waals surface area contributed by atoms with E-state index in [1.165, 1.54) is 6.26 Å². The minimum atomic E-state index is -3.12. The number of nitrogens with zero attached hydrogens (tertiary/aromatic N) is 1. The van der Waals surface area contributed by atoms with Gasteiger partial charge in [-0.1, -0.05) is 42.5 Å². The molecule has 4 nitrogen and oxygen atoms in total. The van der Waals surface area contributed by atoms with E-state index in [1.807, 2.05) is 37.3 Å². The summed E-state index contributed by atoms with van der Waals surface area (Å²) in [6, 6.07) is 16.5. The topological polar surface area (TPSA) is 54.5 Å². The number of benzene rings is 2. The summed E-state index contributed by atoms with van der Waals surface area (Å²) < 4.78 is 22.8. The molecule has 2 aromatic carbocycles. The quantitative estimate of drug-likeness (QED) is 0.846. The van der Waals surface area contributed by atoms with Crippen molar-refractivity contribution in [2.24, 2.45) is 0 Å². The Hall–Kier alpha value is -2.14. The molecule has 23 heavy (non-hydrogen) atoms. The highest BCUT2D eigenvalue weighted by Gasteiger charge is 2.19. The van der Waals surface area contributed by atoms with Crippen molar-refractivity contribution in [2.75, 3.05) is 13.3 Å². The average molecular weight is 331 g/mol. The van der Waals surface area contributed by atoms with Crippen LogP contribution in [0, 0.1) is 0 Å². The zero-order valence-corrected chi connectivity index (χ0v) is 14.4. The summed E-state index contributed by atoms with van der Waals surface area (Å²) in [4.78, 5) is 14.3. The van der Waals surface area contributed by atoms with E-state index >= 15 is 0 Å². The van der Waals surface area contributed by atoms with Gasteiger partial charge in [0.2, 0.25) is 0 Å². The molecule has 0 unspecified atom stereocenters. The van der Waals surface area contributed by atoms with Gasteiger partial charge in [-0.25, -0.2) is 8.42 Å². The van der Waals surface area contributed by atoms with Crippen LogP contribution in [0.4, 0.5) is 0 Å². The first kappa shape index (κ1) is 17.2. The van der Waals surface area contributed by atoms with Crippen molar-refractivity contribution in [1.82, 2.24) is 4.90 Å².